The maximum Gasteiger partial charge on any atom is 0.0121 e. The van der Waals surface area contributed by atoms with Crippen LogP contribution >= 0.6 is 0 Å². The van der Waals surface area contributed by atoms with E-state index < -0.39 is 0 Å². The first-order valence-corrected chi connectivity index (χ1v) is 3.01. The third kappa shape index (κ3) is 1.22. The number of hydrogen-bond acceptors (Lipinski definition) is 0. The summed E-state index contributed by atoms with van der Waals surface area (Å²) in [6, 6.07) is 2.09. The van der Waals surface area contributed by atoms with Gasteiger partial charge in [-0.15, -0.1) is 0 Å². The molecule has 1 heterocycles. The van der Waals surface area contributed by atoms with Crippen LogP contribution in [0.3, 0.4) is 0 Å². The number of hydrogen-bond donors (Lipinski definition) is 1. The van der Waals surface area contributed by atoms with E-state index in [1.165, 1.54) is 11.3 Å². The van der Waals surface area contributed by atoms with Gasteiger partial charge in [-0.05, 0) is 31.1 Å². The fourth-order valence-electron chi connectivity index (χ4n) is 0.755. The monoisotopic (exact) mass is 121 g/mol. The molecule has 0 spiro atoms. The van der Waals surface area contributed by atoms with Gasteiger partial charge in [-0.25, -0.2) is 0 Å². The SMILES string of the molecule is C=C(C)c1c[nH]c(C)c1. The van der Waals surface area contributed by atoms with E-state index in [0.717, 1.165) is 5.57 Å². The summed E-state index contributed by atoms with van der Waals surface area (Å²) in [6.45, 7) is 7.86. The van der Waals surface area contributed by atoms with E-state index >= 15 is 0 Å². The quantitative estimate of drug-likeness (QED) is 0.587. The van der Waals surface area contributed by atoms with Crippen LogP contribution in [0.1, 0.15) is 18.2 Å². The Morgan fingerprint density at radius 3 is 2.56 bits per heavy atom. The van der Waals surface area contributed by atoms with Crippen LogP contribution in [-0.4, -0.2) is 4.98 Å². The highest BCUT2D eigenvalue weighted by atomic mass is 14.7. The molecule has 1 rings (SSSR count). The normalized spacial score (nSPS) is 9.56. The summed E-state index contributed by atoms with van der Waals surface area (Å²) in [4.78, 5) is 3.09. The summed E-state index contributed by atoms with van der Waals surface area (Å²) in [5.74, 6) is 0. The van der Waals surface area contributed by atoms with Crippen LogP contribution in [0.2, 0.25) is 0 Å². The Hall–Kier alpha value is -0.980. The average Bonchev–Trinajstić information content (AvgIpc) is 2.14. The summed E-state index contributed by atoms with van der Waals surface area (Å²) in [5.41, 5.74) is 3.50. The van der Waals surface area contributed by atoms with E-state index in [1.54, 1.807) is 0 Å². The molecule has 0 atom stereocenters. The molecule has 0 bridgehead atoms. The van der Waals surface area contributed by atoms with Gasteiger partial charge >= 0.3 is 0 Å². The van der Waals surface area contributed by atoms with Crippen LogP contribution < -0.4 is 0 Å². The van der Waals surface area contributed by atoms with Crippen molar-refractivity contribution >= 4 is 5.57 Å². The van der Waals surface area contributed by atoms with Gasteiger partial charge in [0.05, 0.1) is 0 Å². The zero-order valence-electron chi connectivity index (χ0n) is 5.86. The second-order valence-corrected chi connectivity index (χ2v) is 2.35. The highest BCUT2D eigenvalue weighted by Crippen LogP contribution is 2.10. The lowest BCUT2D eigenvalue weighted by atomic mass is 10.2. The molecule has 1 nitrogen and oxygen atoms in total. The lowest BCUT2D eigenvalue weighted by molar-refractivity contribution is 1.27. The van der Waals surface area contributed by atoms with Gasteiger partial charge < -0.3 is 4.98 Å². The minimum atomic E-state index is 1.11. The molecule has 1 aromatic heterocycles. The van der Waals surface area contributed by atoms with Crippen molar-refractivity contribution < 1.29 is 0 Å². The lowest BCUT2D eigenvalue weighted by Crippen LogP contribution is -1.66. The van der Waals surface area contributed by atoms with Gasteiger partial charge in [-0.2, -0.15) is 0 Å². The predicted octanol–water partition coefficient (Wildman–Crippen LogP) is 2.36. The topological polar surface area (TPSA) is 15.8 Å². The molecule has 1 aromatic rings. The zero-order valence-corrected chi connectivity index (χ0v) is 5.86. The smallest absolute Gasteiger partial charge is 0.0121 e. The average molecular weight is 121 g/mol. The van der Waals surface area contributed by atoms with Gasteiger partial charge in [0.25, 0.3) is 0 Å². The molecule has 0 aromatic carbocycles. The summed E-state index contributed by atoms with van der Waals surface area (Å²) in [7, 11) is 0. The number of aryl methyl sites for hydroxylation is 1. The molecule has 9 heavy (non-hydrogen) atoms. The van der Waals surface area contributed by atoms with Gasteiger partial charge in [-0.3, -0.25) is 0 Å². The first-order valence-electron chi connectivity index (χ1n) is 3.01. The van der Waals surface area contributed by atoms with Gasteiger partial charge in [0.2, 0.25) is 0 Å². The molecule has 0 fully saturated rings. The number of allylic oxidation sites excluding steroid dienone is 1. The molecular formula is C8H11N. The summed E-state index contributed by atoms with van der Waals surface area (Å²) in [6.07, 6.45) is 1.97. The van der Waals surface area contributed by atoms with Crippen molar-refractivity contribution in [3.05, 3.63) is 30.1 Å². The van der Waals surface area contributed by atoms with Crippen molar-refractivity contribution in [3.8, 4) is 0 Å². The van der Waals surface area contributed by atoms with Gasteiger partial charge in [0.1, 0.15) is 0 Å². The number of H-pyrrole nitrogens is 1. The van der Waals surface area contributed by atoms with E-state index in [9.17, 15) is 0 Å². The maximum atomic E-state index is 3.82. The Morgan fingerprint density at radius 2 is 2.33 bits per heavy atom. The molecule has 0 radical (unpaired) electrons. The molecule has 1 heteroatoms. The third-order valence-electron chi connectivity index (χ3n) is 1.32. The lowest BCUT2D eigenvalue weighted by Gasteiger charge is -1.87. The van der Waals surface area contributed by atoms with Crippen molar-refractivity contribution in [1.82, 2.24) is 4.98 Å². The van der Waals surface area contributed by atoms with Crippen LogP contribution in [0.15, 0.2) is 18.8 Å². The third-order valence-corrected chi connectivity index (χ3v) is 1.32. The first kappa shape index (κ1) is 6.14. The van der Waals surface area contributed by atoms with Gasteiger partial charge in [0, 0.05) is 11.9 Å². The summed E-state index contributed by atoms with van der Waals surface area (Å²) < 4.78 is 0. The van der Waals surface area contributed by atoms with Crippen LogP contribution in [0, 0.1) is 6.92 Å². The fraction of sp³-hybridized carbons (Fsp3) is 0.250. The molecule has 0 aliphatic rings. The van der Waals surface area contributed by atoms with E-state index in [4.69, 9.17) is 0 Å². The number of rotatable bonds is 1. The van der Waals surface area contributed by atoms with Gasteiger partial charge in [-0.1, -0.05) is 6.58 Å². The predicted molar refractivity (Wildman–Crippen MR) is 40.2 cm³/mol. The Morgan fingerprint density at radius 1 is 1.67 bits per heavy atom. The molecule has 48 valence electrons. The maximum absolute atomic E-state index is 3.82. The van der Waals surface area contributed by atoms with Crippen molar-refractivity contribution in [2.24, 2.45) is 0 Å². The van der Waals surface area contributed by atoms with Crippen LogP contribution in [0.25, 0.3) is 5.57 Å². The van der Waals surface area contributed by atoms with Crippen LogP contribution in [0.5, 0.6) is 0 Å². The second-order valence-electron chi connectivity index (χ2n) is 2.35. The molecule has 0 unspecified atom stereocenters. The Kier molecular flexibility index (Phi) is 1.43. The Bertz CT molecular complexity index is 220. The molecule has 0 saturated heterocycles. The van der Waals surface area contributed by atoms with Crippen molar-refractivity contribution in [2.75, 3.05) is 0 Å². The molecule has 0 aliphatic carbocycles. The molecule has 1 N–H and O–H groups in total. The molecule has 0 saturated carbocycles. The van der Waals surface area contributed by atoms with Crippen molar-refractivity contribution in [1.29, 1.82) is 0 Å². The second kappa shape index (κ2) is 2.09. The molecule has 0 aliphatic heterocycles. The highest BCUT2D eigenvalue weighted by molar-refractivity contribution is 5.60. The minimum absolute atomic E-state index is 1.11. The Labute approximate surface area is 55.4 Å². The number of aromatic amines is 1. The molecule has 0 amide bonds. The fourth-order valence-corrected chi connectivity index (χ4v) is 0.755. The summed E-state index contributed by atoms with van der Waals surface area (Å²) in [5, 5.41) is 0. The van der Waals surface area contributed by atoms with E-state index in [2.05, 4.69) is 17.6 Å². The van der Waals surface area contributed by atoms with Crippen molar-refractivity contribution in [3.63, 3.8) is 0 Å². The van der Waals surface area contributed by atoms with E-state index in [-0.39, 0.29) is 0 Å². The minimum Gasteiger partial charge on any atom is -0.365 e. The zero-order chi connectivity index (χ0) is 6.85. The standard InChI is InChI=1S/C8H11N/c1-6(2)8-4-7(3)9-5-8/h4-5,9H,1H2,2-3H3. The Balaban J connectivity index is 2.98. The molecular weight excluding hydrogens is 110 g/mol. The van der Waals surface area contributed by atoms with Crippen LogP contribution in [0.4, 0.5) is 0 Å². The number of nitrogens with one attached hydrogen (secondary N) is 1. The van der Waals surface area contributed by atoms with Gasteiger partial charge in [0.15, 0.2) is 0 Å². The highest BCUT2D eigenvalue weighted by Gasteiger charge is 1.92. The van der Waals surface area contributed by atoms with E-state index in [0.29, 0.717) is 0 Å². The van der Waals surface area contributed by atoms with E-state index in [1.807, 2.05) is 20.0 Å². The number of aromatic nitrogens is 1. The van der Waals surface area contributed by atoms with Crippen molar-refractivity contribution in [2.45, 2.75) is 13.8 Å². The summed E-state index contributed by atoms with van der Waals surface area (Å²) >= 11 is 0. The first-order chi connectivity index (χ1) is 4.20. The van der Waals surface area contributed by atoms with Crippen LogP contribution in [-0.2, 0) is 0 Å². The largest absolute Gasteiger partial charge is 0.365 e.